The van der Waals surface area contributed by atoms with Crippen molar-refractivity contribution in [2.75, 3.05) is 19.5 Å². The second-order valence-electron chi connectivity index (χ2n) is 7.97. The van der Waals surface area contributed by atoms with Crippen molar-refractivity contribution >= 4 is 28.4 Å². The van der Waals surface area contributed by atoms with E-state index in [-0.39, 0.29) is 11.8 Å². The third-order valence-corrected chi connectivity index (χ3v) is 6.14. The number of likely N-dealkylation sites (N-methyl/N-ethyl adjacent to an activating group) is 1. The Morgan fingerprint density at radius 2 is 1.81 bits per heavy atom. The first kappa shape index (κ1) is 19.9. The summed E-state index contributed by atoms with van der Waals surface area (Å²) in [5.74, 6) is -0.109. The lowest BCUT2D eigenvalue weighted by Crippen LogP contribution is -2.44. The third-order valence-electron chi connectivity index (χ3n) is 6.14. The van der Waals surface area contributed by atoms with Gasteiger partial charge in [0.05, 0.1) is 19.1 Å². The van der Waals surface area contributed by atoms with Gasteiger partial charge in [-0.2, -0.15) is 0 Å². The number of ether oxygens (including phenoxy) is 1. The molecule has 5 rings (SSSR count). The number of aromatic nitrogens is 1. The Morgan fingerprint density at radius 3 is 2.59 bits per heavy atom. The van der Waals surface area contributed by atoms with E-state index >= 15 is 0 Å². The lowest BCUT2D eigenvalue weighted by molar-refractivity contribution is -0.119. The summed E-state index contributed by atoms with van der Waals surface area (Å²) in [4.78, 5) is 31.6. The number of aromatic amines is 1. The first-order chi connectivity index (χ1) is 15.6. The van der Waals surface area contributed by atoms with Gasteiger partial charge in [0.15, 0.2) is 0 Å². The van der Waals surface area contributed by atoms with Gasteiger partial charge in [-0.3, -0.25) is 9.59 Å². The number of benzene rings is 3. The Bertz CT molecular complexity index is 1310. The molecule has 0 bridgehead atoms. The molecule has 2 heterocycles. The van der Waals surface area contributed by atoms with Gasteiger partial charge in [-0.1, -0.05) is 36.4 Å². The number of amides is 2. The van der Waals surface area contributed by atoms with Crippen LogP contribution in [0.15, 0.2) is 79.0 Å². The van der Waals surface area contributed by atoms with E-state index in [2.05, 4.69) is 10.3 Å². The second kappa shape index (κ2) is 7.89. The predicted octanol–water partition coefficient (Wildman–Crippen LogP) is 4.73. The zero-order valence-electron chi connectivity index (χ0n) is 17.8. The summed E-state index contributed by atoms with van der Waals surface area (Å²) in [5, 5.41) is 4.15. The Kier molecular flexibility index (Phi) is 4.90. The van der Waals surface area contributed by atoms with E-state index in [0.717, 1.165) is 27.8 Å². The largest absolute Gasteiger partial charge is 0.497 e. The van der Waals surface area contributed by atoms with Crippen molar-refractivity contribution in [2.45, 2.75) is 12.0 Å². The van der Waals surface area contributed by atoms with Crippen molar-refractivity contribution in [2.24, 2.45) is 0 Å². The molecule has 2 N–H and O–H groups in total. The minimum atomic E-state index is -0.568. The van der Waals surface area contributed by atoms with Crippen molar-refractivity contribution in [3.63, 3.8) is 0 Å². The number of rotatable bonds is 4. The van der Waals surface area contributed by atoms with Crippen molar-refractivity contribution in [3.05, 3.63) is 95.7 Å². The molecule has 1 aliphatic heterocycles. The van der Waals surface area contributed by atoms with E-state index in [4.69, 9.17) is 4.74 Å². The zero-order valence-corrected chi connectivity index (χ0v) is 17.8. The highest BCUT2D eigenvalue weighted by Gasteiger charge is 2.42. The molecule has 6 heteroatoms. The number of H-pyrrole nitrogens is 1. The Hall–Kier alpha value is -4.06. The van der Waals surface area contributed by atoms with Gasteiger partial charge in [-0.15, -0.1) is 0 Å². The maximum Gasteiger partial charge on any atom is 0.254 e. The normalized spacial score (nSPS) is 17.8. The van der Waals surface area contributed by atoms with Crippen LogP contribution in [0.2, 0.25) is 0 Å². The van der Waals surface area contributed by atoms with Gasteiger partial charge in [0.25, 0.3) is 5.91 Å². The Morgan fingerprint density at radius 1 is 1.03 bits per heavy atom. The van der Waals surface area contributed by atoms with E-state index in [1.165, 1.54) is 0 Å². The molecule has 0 aliphatic carbocycles. The van der Waals surface area contributed by atoms with Crippen LogP contribution in [-0.2, 0) is 4.79 Å². The Labute approximate surface area is 185 Å². The average molecular weight is 425 g/mol. The van der Waals surface area contributed by atoms with Crippen molar-refractivity contribution < 1.29 is 14.3 Å². The summed E-state index contributed by atoms with van der Waals surface area (Å²) >= 11 is 0. The summed E-state index contributed by atoms with van der Waals surface area (Å²) in [6.45, 7) is 0. The molecule has 3 aromatic carbocycles. The number of nitrogens with one attached hydrogen (secondary N) is 2. The first-order valence-corrected chi connectivity index (χ1v) is 10.4. The SMILES string of the molecule is COc1ccc([C@H]2[C@H](C(=O)Nc3ccc4cc[nH]c4c3)c3ccccc3C(=O)N2C)cc1. The fourth-order valence-corrected chi connectivity index (χ4v) is 4.52. The highest BCUT2D eigenvalue weighted by molar-refractivity contribution is 6.04. The molecule has 160 valence electrons. The number of hydrogen-bond donors (Lipinski definition) is 2. The molecule has 2 amide bonds. The second-order valence-corrected chi connectivity index (χ2v) is 7.97. The number of anilines is 1. The lowest BCUT2D eigenvalue weighted by atomic mass is 9.79. The molecule has 4 aromatic rings. The molecule has 0 saturated carbocycles. The van der Waals surface area contributed by atoms with Gasteiger partial charge in [0, 0.05) is 30.0 Å². The van der Waals surface area contributed by atoms with E-state index in [1.807, 2.05) is 72.9 Å². The molecular weight excluding hydrogens is 402 g/mol. The molecule has 0 saturated heterocycles. The van der Waals surface area contributed by atoms with Crippen molar-refractivity contribution in [1.29, 1.82) is 0 Å². The van der Waals surface area contributed by atoms with Crippen LogP contribution >= 0.6 is 0 Å². The fraction of sp³-hybridized carbons (Fsp3) is 0.154. The number of carbonyl (C=O) groups is 2. The van der Waals surface area contributed by atoms with Crippen LogP contribution in [-0.4, -0.2) is 35.9 Å². The summed E-state index contributed by atoms with van der Waals surface area (Å²) in [7, 11) is 3.36. The van der Waals surface area contributed by atoms with E-state index < -0.39 is 12.0 Å². The highest BCUT2D eigenvalue weighted by Crippen LogP contribution is 2.42. The molecule has 0 radical (unpaired) electrons. The number of hydrogen-bond acceptors (Lipinski definition) is 3. The molecule has 1 aromatic heterocycles. The quantitative estimate of drug-likeness (QED) is 0.497. The zero-order chi connectivity index (χ0) is 22.2. The molecule has 0 spiro atoms. The average Bonchev–Trinajstić information content (AvgIpc) is 3.29. The molecule has 2 atom stereocenters. The molecule has 0 unspecified atom stereocenters. The van der Waals surface area contributed by atoms with Crippen LogP contribution in [0.3, 0.4) is 0 Å². The van der Waals surface area contributed by atoms with E-state index in [9.17, 15) is 9.59 Å². The predicted molar refractivity (Wildman–Crippen MR) is 124 cm³/mol. The third kappa shape index (κ3) is 3.30. The molecule has 6 nitrogen and oxygen atoms in total. The van der Waals surface area contributed by atoms with Crippen LogP contribution in [0.4, 0.5) is 5.69 Å². The summed E-state index contributed by atoms with van der Waals surface area (Å²) in [5.41, 5.74) is 3.81. The van der Waals surface area contributed by atoms with Crippen molar-refractivity contribution in [3.8, 4) is 5.75 Å². The lowest BCUT2D eigenvalue weighted by Gasteiger charge is -2.39. The molecule has 0 fully saturated rings. The van der Waals surface area contributed by atoms with Gasteiger partial charge in [0.2, 0.25) is 5.91 Å². The van der Waals surface area contributed by atoms with Crippen molar-refractivity contribution in [1.82, 2.24) is 9.88 Å². The minimum absolute atomic E-state index is 0.0988. The molecule has 1 aliphatic rings. The number of nitrogens with zero attached hydrogens (tertiary/aromatic N) is 1. The minimum Gasteiger partial charge on any atom is -0.497 e. The van der Waals surface area contributed by atoms with Gasteiger partial charge < -0.3 is 19.9 Å². The summed E-state index contributed by atoms with van der Waals surface area (Å²) in [6.07, 6.45) is 1.87. The Balaban J connectivity index is 1.57. The maximum absolute atomic E-state index is 13.7. The smallest absolute Gasteiger partial charge is 0.254 e. The van der Waals surface area contributed by atoms with Crippen LogP contribution in [0.1, 0.15) is 33.4 Å². The number of methoxy groups -OCH3 is 1. The van der Waals surface area contributed by atoms with Gasteiger partial charge in [-0.05, 0) is 52.9 Å². The monoisotopic (exact) mass is 425 g/mol. The number of fused-ring (bicyclic) bond motifs is 2. The van der Waals surface area contributed by atoms with Gasteiger partial charge in [0.1, 0.15) is 5.75 Å². The van der Waals surface area contributed by atoms with Gasteiger partial charge in [-0.25, -0.2) is 0 Å². The summed E-state index contributed by atoms with van der Waals surface area (Å²) < 4.78 is 5.28. The van der Waals surface area contributed by atoms with Crippen LogP contribution in [0.25, 0.3) is 10.9 Å². The molecule has 32 heavy (non-hydrogen) atoms. The molecular formula is C26H23N3O3. The fourth-order valence-electron chi connectivity index (χ4n) is 4.52. The number of carbonyl (C=O) groups excluding carboxylic acids is 2. The van der Waals surface area contributed by atoms with Gasteiger partial charge >= 0.3 is 0 Å². The topological polar surface area (TPSA) is 74.4 Å². The van der Waals surface area contributed by atoms with E-state index in [1.54, 1.807) is 25.1 Å². The highest BCUT2D eigenvalue weighted by atomic mass is 16.5. The van der Waals surface area contributed by atoms with Crippen LogP contribution in [0.5, 0.6) is 5.75 Å². The summed E-state index contributed by atoms with van der Waals surface area (Å²) in [6, 6.07) is 22.2. The van der Waals surface area contributed by atoms with Crippen LogP contribution < -0.4 is 10.1 Å². The first-order valence-electron chi connectivity index (χ1n) is 10.4. The van der Waals surface area contributed by atoms with Crippen LogP contribution in [0, 0.1) is 0 Å². The standard InChI is InChI=1S/C26H23N3O3/c1-29-24(17-8-11-19(32-2)12-9-17)23(20-5-3-4-6-21(20)26(29)31)25(30)28-18-10-7-16-13-14-27-22(16)15-18/h3-15,23-24,27H,1-2H3,(H,28,30)/t23-,24+/m1/s1. The van der Waals surface area contributed by atoms with E-state index in [0.29, 0.717) is 11.3 Å². The maximum atomic E-state index is 13.7.